The summed E-state index contributed by atoms with van der Waals surface area (Å²) < 4.78 is 23.8. The summed E-state index contributed by atoms with van der Waals surface area (Å²) in [5.74, 6) is -0.105. The summed E-state index contributed by atoms with van der Waals surface area (Å²) in [6, 6.07) is 7.02. The number of anilines is 1. The third kappa shape index (κ3) is 8.61. The van der Waals surface area contributed by atoms with E-state index in [4.69, 9.17) is 10.2 Å². The van der Waals surface area contributed by atoms with E-state index in [2.05, 4.69) is 34.2 Å². The molecule has 0 aliphatic rings. The second-order valence-electron chi connectivity index (χ2n) is 7.24. The van der Waals surface area contributed by atoms with Crippen molar-refractivity contribution in [2.45, 2.75) is 45.1 Å². The van der Waals surface area contributed by atoms with Crippen LogP contribution in [-0.2, 0) is 15.0 Å². The molecular formula is C19H27N5O5S2. The number of nitrogens with zero attached hydrogens (tertiary/aromatic N) is 1. The van der Waals surface area contributed by atoms with Crippen LogP contribution in [0.3, 0.4) is 0 Å². The molecule has 1 aromatic carbocycles. The average Bonchev–Trinajstić information content (AvgIpc) is 3.14. The lowest BCUT2D eigenvalue weighted by atomic mass is 10.0. The predicted molar refractivity (Wildman–Crippen MR) is 120 cm³/mol. The number of unbranched alkanes of at least 4 members (excludes halogenated alkanes) is 1. The van der Waals surface area contributed by atoms with E-state index in [1.807, 2.05) is 29.6 Å². The first-order valence-electron chi connectivity index (χ1n) is 9.68. The molecule has 2 amide bonds. The molecule has 0 aliphatic carbocycles. The maximum absolute atomic E-state index is 12.5. The fraction of sp³-hybridized carbons (Fsp3) is 0.421. The molecule has 0 spiro atoms. The van der Waals surface area contributed by atoms with E-state index in [1.54, 1.807) is 0 Å². The van der Waals surface area contributed by atoms with Crippen LogP contribution in [-0.4, -0.2) is 43.1 Å². The molecular weight excluding hydrogens is 442 g/mol. The number of thiazole rings is 1. The van der Waals surface area contributed by atoms with Gasteiger partial charge in [-0.15, -0.1) is 11.3 Å². The molecule has 0 fully saturated rings. The van der Waals surface area contributed by atoms with Gasteiger partial charge < -0.3 is 15.7 Å². The summed E-state index contributed by atoms with van der Waals surface area (Å²) in [6.07, 6.45) is -0.325. The van der Waals surface area contributed by atoms with Gasteiger partial charge in [-0.2, -0.15) is 8.42 Å². The van der Waals surface area contributed by atoms with Crippen molar-refractivity contribution in [3.8, 4) is 11.3 Å². The lowest BCUT2D eigenvalue weighted by molar-refractivity contribution is -0.118. The Hall–Kier alpha value is -2.54. The van der Waals surface area contributed by atoms with Gasteiger partial charge in [-0.3, -0.25) is 4.79 Å². The molecule has 0 bridgehead atoms. The minimum atomic E-state index is -3.77. The summed E-state index contributed by atoms with van der Waals surface area (Å²) in [5.41, 5.74) is 2.85. The van der Waals surface area contributed by atoms with Gasteiger partial charge in [0.25, 0.3) is 10.2 Å². The van der Waals surface area contributed by atoms with Crippen LogP contribution in [0.2, 0.25) is 0 Å². The Kier molecular flexibility index (Phi) is 8.92. The monoisotopic (exact) mass is 469 g/mol. The predicted octanol–water partition coefficient (Wildman–Crippen LogP) is 2.47. The van der Waals surface area contributed by atoms with Crippen molar-refractivity contribution in [2.75, 3.05) is 11.9 Å². The maximum Gasteiger partial charge on any atom is 0.405 e. The van der Waals surface area contributed by atoms with Crippen molar-refractivity contribution < 1.29 is 23.1 Å². The summed E-state index contributed by atoms with van der Waals surface area (Å²) in [6.45, 7) is 4.33. The third-order valence-electron chi connectivity index (χ3n) is 4.44. The number of carboxylic acid groups (broad SMARTS) is 1. The van der Waals surface area contributed by atoms with Gasteiger partial charge in [-0.25, -0.2) is 19.6 Å². The molecule has 6 N–H and O–H groups in total. The molecule has 10 nitrogen and oxygen atoms in total. The minimum absolute atomic E-state index is 0.103. The lowest BCUT2D eigenvalue weighted by Crippen LogP contribution is -2.43. The molecule has 0 saturated heterocycles. The van der Waals surface area contributed by atoms with Crippen LogP contribution in [0.25, 0.3) is 11.3 Å². The maximum atomic E-state index is 12.5. The fourth-order valence-electron chi connectivity index (χ4n) is 2.80. The molecule has 12 heteroatoms. The van der Waals surface area contributed by atoms with E-state index in [9.17, 15) is 18.0 Å². The molecule has 0 radical (unpaired) electrons. The van der Waals surface area contributed by atoms with Crippen molar-refractivity contribution >= 4 is 38.7 Å². The number of nitrogens with one attached hydrogen (secondary N) is 3. The number of aromatic nitrogens is 1. The van der Waals surface area contributed by atoms with Crippen LogP contribution in [0.15, 0.2) is 29.6 Å². The second-order valence-corrected chi connectivity index (χ2v) is 9.48. The van der Waals surface area contributed by atoms with Gasteiger partial charge in [-0.1, -0.05) is 38.1 Å². The fourth-order valence-corrected chi connectivity index (χ4v) is 3.95. The largest absolute Gasteiger partial charge is 0.465 e. The molecule has 1 unspecified atom stereocenters. The summed E-state index contributed by atoms with van der Waals surface area (Å²) in [4.78, 5) is 28.0. The third-order valence-corrected chi connectivity index (χ3v) is 5.81. The van der Waals surface area contributed by atoms with Crippen molar-refractivity contribution in [1.82, 2.24) is 15.0 Å². The van der Waals surface area contributed by atoms with E-state index in [1.165, 1.54) is 16.9 Å². The van der Waals surface area contributed by atoms with E-state index in [0.29, 0.717) is 29.6 Å². The number of carbonyl (C=O) groups excluding carboxylic acids is 1. The summed E-state index contributed by atoms with van der Waals surface area (Å²) >= 11 is 1.25. The first-order valence-corrected chi connectivity index (χ1v) is 12.1. The van der Waals surface area contributed by atoms with Crippen molar-refractivity contribution in [1.29, 1.82) is 0 Å². The Balaban J connectivity index is 1.95. The van der Waals surface area contributed by atoms with Gasteiger partial charge in [-0.05, 0) is 30.7 Å². The Labute approximate surface area is 185 Å². The minimum Gasteiger partial charge on any atom is -0.465 e. The SMILES string of the molecule is CC(C)c1ccc(-c2csc(NC(=O)C(CCCCNS(N)(=O)=O)NC(=O)O)n2)cc1. The highest BCUT2D eigenvalue weighted by atomic mass is 32.2. The van der Waals surface area contributed by atoms with Crippen LogP contribution < -0.4 is 20.5 Å². The van der Waals surface area contributed by atoms with Crippen molar-refractivity contribution in [3.05, 3.63) is 35.2 Å². The van der Waals surface area contributed by atoms with Gasteiger partial charge in [0, 0.05) is 17.5 Å². The molecule has 2 aromatic rings. The van der Waals surface area contributed by atoms with Gasteiger partial charge in [0.1, 0.15) is 6.04 Å². The van der Waals surface area contributed by atoms with Gasteiger partial charge in [0.05, 0.1) is 5.69 Å². The van der Waals surface area contributed by atoms with Gasteiger partial charge in [0.2, 0.25) is 5.91 Å². The smallest absolute Gasteiger partial charge is 0.405 e. The van der Waals surface area contributed by atoms with Crippen LogP contribution in [0.1, 0.15) is 44.6 Å². The van der Waals surface area contributed by atoms with Crippen LogP contribution in [0.5, 0.6) is 0 Å². The number of amides is 2. The van der Waals surface area contributed by atoms with E-state index in [0.717, 1.165) is 5.56 Å². The lowest BCUT2D eigenvalue weighted by Gasteiger charge is -2.15. The molecule has 2 rings (SSSR count). The highest BCUT2D eigenvalue weighted by Crippen LogP contribution is 2.26. The quantitative estimate of drug-likeness (QED) is 0.317. The number of nitrogens with two attached hydrogens (primary N) is 1. The van der Waals surface area contributed by atoms with Crippen molar-refractivity contribution in [2.24, 2.45) is 5.14 Å². The zero-order valence-corrected chi connectivity index (χ0v) is 18.9. The Bertz CT molecular complexity index is 989. The Morgan fingerprint density at radius 2 is 1.87 bits per heavy atom. The zero-order valence-electron chi connectivity index (χ0n) is 17.3. The molecule has 0 aliphatic heterocycles. The Morgan fingerprint density at radius 1 is 1.19 bits per heavy atom. The summed E-state index contributed by atoms with van der Waals surface area (Å²) in [5, 5.41) is 20.9. The molecule has 1 heterocycles. The van der Waals surface area contributed by atoms with Gasteiger partial charge >= 0.3 is 6.09 Å². The van der Waals surface area contributed by atoms with Crippen molar-refractivity contribution in [3.63, 3.8) is 0 Å². The number of benzene rings is 1. The topological polar surface area (TPSA) is 164 Å². The van der Waals surface area contributed by atoms with Gasteiger partial charge in [0.15, 0.2) is 5.13 Å². The number of carbonyl (C=O) groups is 2. The zero-order chi connectivity index (χ0) is 23.0. The number of hydrogen-bond donors (Lipinski definition) is 5. The highest BCUT2D eigenvalue weighted by molar-refractivity contribution is 7.87. The highest BCUT2D eigenvalue weighted by Gasteiger charge is 2.21. The van der Waals surface area contributed by atoms with E-state index < -0.39 is 28.3 Å². The van der Waals surface area contributed by atoms with Crippen LogP contribution in [0.4, 0.5) is 9.93 Å². The normalized spacial score (nSPS) is 12.5. The standard InChI is InChI=1S/C19H27N5O5S2/c1-12(2)13-6-8-14(9-7-13)16-11-30-18(22-16)24-17(25)15(23-19(26)27)5-3-4-10-21-31(20,28)29/h6-9,11-12,15,21,23H,3-5,10H2,1-2H3,(H,26,27)(H2,20,28,29)(H,22,24,25). The number of rotatable bonds is 11. The number of hydrogen-bond acceptors (Lipinski definition) is 6. The molecule has 31 heavy (non-hydrogen) atoms. The Morgan fingerprint density at radius 3 is 2.45 bits per heavy atom. The molecule has 170 valence electrons. The molecule has 1 atom stereocenters. The molecule has 0 saturated carbocycles. The van der Waals surface area contributed by atoms with E-state index >= 15 is 0 Å². The summed E-state index contributed by atoms with van der Waals surface area (Å²) in [7, 11) is -3.77. The first-order chi connectivity index (χ1) is 14.5. The first kappa shape index (κ1) is 24.7. The average molecular weight is 470 g/mol. The van der Waals surface area contributed by atoms with Crippen LogP contribution >= 0.6 is 11.3 Å². The second kappa shape index (κ2) is 11.2. The molecule has 1 aromatic heterocycles. The van der Waals surface area contributed by atoms with E-state index in [-0.39, 0.29) is 13.0 Å². The van der Waals surface area contributed by atoms with Crippen LogP contribution in [0, 0.1) is 0 Å².